The molecule has 1 aromatic heterocycles. The van der Waals surface area contributed by atoms with Crippen molar-refractivity contribution in [2.24, 2.45) is 0 Å². The zero-order valence-corrected chi connectivity index (χ0v) is 19.2. The summed E-state index contributed by atoms with van der Waals surface area (Å²) < 4.78 is 12.9. The molecule has 4 aromatic rings. The first-order valence-electron chi connectivity index (χ1n) is 10.9. The monoisotopic (exact) mass is 488 g/mol. The van der Waals surface area contributed by atoms with Gasteiger partial charge in [-0.25, -0.2) is 0 Å². The van der Waals surface area contributed by atoms with Gasteiger partial charge in [-0.2, -0.15) is 5.10 Å². The molecule has 8 nitrogen and oxygen atoms in total. The zero-order valence-electron chi connectivity index (χ0n) is 18.5. The third-order valence-electron chi connectivity index (χ3n) is 5.41. The van der Waals surface area contributed by atoms with E-state index in [-0.39, 0.29) is 6.61 Å². The van der Waals surface area contributed by atoms with Crippen molar-refractivity contribution in [1.29, 1.82) is 0 Å². The van der Waals surface area contributed by atoms with E-state index in [1.807, 2.05) is 36.4 Å². The number of rotatable bonds is 5. The number of carbonyl (C=O) groups is 2. The molecule has 2 amide bonds. The number of benzene rings is 3. The fourth-order valence-corrected chi connectivity index (χ4v) is 3.80. The van der Waals surface area contributed by atoms with E-state index < -0.39 is 17.9 Å². The summed E-state index contributed by atoms with van der Waals surface area (Å²) in [6.07, 6.45) is 0.747. The molecule has 0 spiro atoms. The summed E-state index contributed by atoms with van der Waals surface area (Å²) >= 11 is 6.03. The van der Waals surface area contributed by atoms with Crippen molar-refractivity contribution in [1.82, 2.24) is 20.6 Å². The lowest BCUT2D eigenvalue weighted by atomic mass is 10.1. The number of halogens is 1. The van der Waals surface area contributed by atoms with Crippen molar-refractivity contribution in [2.75, 3.05) is 6.61 Å². The lowest BCUT2D eigenvalue weighted by Crippen LogP contribution is -2.50. The molecule has 0 bridgehead atoms. The van der Waals surface area contributed by atoms with Gasteiger partial charge in [0.2, 0.25) is 6.10 Å². The largest absolute Gasteiger partial charge is 0.485 e. The van der Waals surface area contributed by atoms with E-state index >= 15 is 0 Å². The maximum Gasteiger partial charge on any atom is 0.283 e. The molecule has 35 heavy (non-hydrogen) atoms. The van der Waals surface area contributed by atoms with Crippen LogP contribution in [0.5, 0.6) is 11.5 Å². The zero-order chi connectivity index (χ0) is 24.2. The number of para-hydroxylation sites is 2. The molecule has 3 aromatic carbocycles. The summed E-state index contributed by atoms with van der Waals surface area (Å²) in [5.41, 5.74) is 7.42. The van der Waals surface area contributed by atoms with Crippen LogP contribution in [0, 0.1) is 0 Å². The van der Waals surface area contributed by atoms with Crippen LogP contribution in [0.3, 0.4) is 0 Å². The van der Waals surface area contributed by atoms with Gasteiger partial charge in [-0.15, -0.1) is 0 Å². The number of hydrazine groups is 1. The van der Waals surface area contributed by atoms with Crippen LogP contribution in [0.1, 0.15) is 15.9 Å². The van der Waals surface area contributed by atoms with Gasteiger partial charge in [0.1, 0.15) is 12.3 Å². The van der Waals surface area contributed by atoms with Crippen molar-refractivity contribution in [3.05, 3.63) is 101 Å². The maximum atomic E-state index is 13.1. The molecule has 5 rings (SSSR count). The number of ether oxygens (including phenoxy) is 2. The second-order valence-corrected chi connectivity index (χ2v) is 8.33. The molecule has 0 aliphatic carbocycles. The molecular weight excluding hydrogens is 468 g/mol. The van der Waals surface area contributed by atoms with Gasteiger partial charge in [0, 0.05) is 16.8 Å². The fourth-order valence-electron chi connectivity index (χ4n) is 3.67. The molecule has 2 heterocycles. The van der Waals surface area contributed by atoms with E-state index in [0.717, 1.165) is 11.1 Å². The van der Waals surface area contributed by atoms with Gasteiger partial charge in [0.25, 0.3) is 11.8 Å². The van der Waals surface area contributed by atoms with Crippen LogP contribution in [0.2, 0.25) is 5.02 Å². The molecular formula is C26H21ClN4O4. The molecule has 176 valence electrons. The topological polar surface area (TPSA) is 94.5 Å². The number of nitrogens with one attached hydrogen (secondary N) is 2. The maximum absolute atomic E-state index is 13.1. The minimum absolute atomic E-state index is 0.0315. The highest BCUT2D eigenvalue weighted by Gasteiger charge is 2.28. The van der Waals surface area contributed by atoms with Crippen LogP contribution in [0.4, 0.5) is 0 Å². The summed E-state index contributed by atoms with van der Waals surface area (Å²) in [6, 6.07) is 23.9. The predicted molar refractivity (Wildman–Crippen MR) is 130 cm³/mol. The summed E-state index contributed by atoms with van der Waals surface area (Å²) in [5, 5.41) is 5.20. The normalized spacial score (nSPS) is 14.3. The number of aromatic nitrogens is 2. The highest BCUT2D eigenvalue weighted by Crippen LogP contribution is 2.31. The van der Waals surface area contributed by atoms with Gasteiger partial charge in [0.05, 0.1) is 12.1 Å². The molecule has 0 saturated carbocycles. The Balaban J connectivity index is 1.32. The van der Waals surface area contributed by atoms with Crippen molar-refractivity contribution in [3.8, 4) is 22.8 Å². The first-order chi connectivity index (χ1) is 17.1. The summed E-state index contributed by atoms with van der Waals surface area (Å²) in [4.78, 5) is 25.7. The standard InChI is InChI=1S/C26H21ClN4O4/c27-19-12-10-18(11-13-19)24-20(15-31(30-24)14-17-6-2-1-3-7-17)25(32)28-29-26(33)23-16-34-21-8-4-5-9-22(21)35-23/h1-13,15,23H,14,16H2,(H,28,32)(H,29,33). The Morgan fingerprint density at radius 2 is 1.66 bits per heavy atom. The van der Waals surface area contributed by atoms with Crippen LogP contribution in [0.25, 0.3) is 11.3 Å². The van der Waals surface area contributed by atoms with Crippen LogP contribution in [0.15, 0.2) is 85.1 Å². The van der Waals surface area contributed by atoms with E-state index in [4.69, 9.17) is 21.1 Å². The molecule has 0 radical (unpaired) electrons. The molecule has 1 aliphatic heterocycles. The van der Waals surface area contributed by atoms with Gasteiger partial charge in [-0.3, -0.25) is 25.1 Å². The summed E-state index contributed by atoms with van der Waals surface area (Å²) in [6.45, 7) is 0.511. The first kappa shape index (κ1) is 22.5. The highest BCUT2D eigenvalue weighted by atomic mass is 35.5. The quantitative estimate of drug-likeness (QED) is 0.416. The van der Waals surface area contributed by atoms with Crippen LogP contribution in [-0.4, -0.2) is 34.3 Å². The summed E-state index contributed by atoms with van der Waals surface area (Å²) in [7, 11) is 0. The van der Waals surface area contributed by atoms with Gasteiger partial charge in [-0.05, 0) is 29.8 Å². The van der Waals surface area contributed by atoms with Crippen molar-refractivity contribution < 1.29 is 19.1 Å². The van der Waals surface area contributed by atoms with Gasteiger partial charge < -0.3 is 9.47 Å². The smallest absolute Gasteiger partial charge is 0.283 e. The molecule has 1 atom stereocenters. The van der Waals surface area contributed by atoms with E-state index in [1.54, 1.807) is 53.3 Å². The Morgan fingerprint density at radius 1 is 0.943 bits per heavy atom. The lowest BCUT2D eigenvalue weighted by Gasteiger charge is -2.25. The molecule has 0 saturated heterocycles. The third-order valence-corrected chi connectivity index (χ3v) is 5.66. The van der Waals surface area contributed by atoms with E-state index in [1.165, 1.54) is 0 Å². The third kappa shape index (κ3) is 5.12. The molecule has 0 fully saturated rings. The van der Waals surface area contributed by atoms with E-state index in [0.29, 0.717) is 34.3 Å². The molecule has 1 aliphatic rings. The molecule has 2 N–H and O–H groups in total. The molecule has 9 heteroatoms. The minimum atomic E-state index is -0.901. The van der Waals surface area contributed by atoms with Gasteiger partial charge >= 0.3 is 0 Å². The Kier molecular flexibility index (Phi) is 6.36. The van der Waals surface area contributed by atoms with Crippen LogP contribution >= 0.6 is 11.6 Å². The number of hydrogen-bond acceptors (Lipinski definition) is 5. The number of nitrogens with zero attached hydrogens (tertiary/aromatic N) is 2. The number of amides is 2. The second kappa shape index (κ2) is 9.90. The van der Waals surface area contributed by atoms with Crippen molar-refractivity contribution >= 4 is 23.4 Å². The van der Waals surface area contributed by atoms with Crippen molar-refractivity contribution in [3.63, 3.8) is 0 Å². The van der Waals surface area contributed by atoms with E-state index in [9.17, 15) is 9.59 Å². The number of hydrogen-bond donors (Lipinski definition) is 2. The molecule has 1 unspecified atom stereocenters. The average molecular weight is 489 g/mol. The van der Waals surface area contributed by atoms with Crippen molar-refractivity contribution in [2.45, 2.75) is 12.6 Å². The Labute approximate surface area is 206 Å². The summed E-state index contributed by atoms with van der Waals surface area (Å²) in [5.74, 6) is -0.00576. The predicted octanol–water partition coefficient (Wildman–Crippen LogP) is 3.85. The van der Waals surface area contributed by atoms with Gasteiger partial charge in [0.15, 0.2) is 11.5 Å². The Hall–Kier alpha value is -4.30. The van der Waals surface area contributed by atoms with Crippen LogP contribution < -0.4 is 20.3 Å². The minimum Gasteiger partial charge on any atom is -0.485 e. The number of fused-ring (bicyclic) bond motifs is 1. The lowest BCUT2D eigenvalue weighted by molar-refractivity contribution is -0.131. The first-order valence-corrected chi connectivity index (χ1v) is 11.3. The Morgan fingerprint density at radius 3 is 2.43 bits per heavy atom. The SMILES string of the molecule is O=C(NNC(=O)C1COc2ccccc2O1)c1cn(Cc2ccccc2)nc1-c1ccc(Cl)cc1. The van der Waals surface area contributed by atoms with Crippen LogP contribution in [-0.2, 0) is 11.3 Å². The highest BCUT2D eigenvalue weighted by molar-refractivity contribution is 6.30. The second-order valence-electron chi connectivity index (χ2n) is 7.89. The van der Waals surface area contributed by atoms with E-state index in [2.05, 4.69) is 16.0 Å². The number of carbonyl (C=O) groups excluding carboxylic acids is 2. The fraction of sp³-hybridized carbons (Fsp3) is 0.115. The van der Waals surface area contributed by atoms with Gasteiger partial charge in [-0.1, -0.05) is 66.2 Å². The average Bonchev–Trinajstić information content (AvgIpc) is 3.31. The Bertz CT molecular complexity index is 1360.